The van der Waals surface area contributed by atoms with E-state index in [9.17, 15) is 5.11 Å². The molecule has 3 nitrogen and oxygen atoms in total. The van der Waals surface area contributed by atoms with Crippen molar-refractivity contribution in [1.29, 1.82) is 0 Å². The van der Waals surface area contributed by atoms with Gasteiger partial charge < -0.3 is 15.0 Å². The molecule has 1 heterocycles. The molecule has 0 saturated carbocycles. The molecule has 0 aliphatic rings. The van der Waals surface area contributed by atoms with Gasteiger partial charge >= 0.3 is 0 Å². The van der Waals surface area contributed by atoms with Crippen LogP contribution in [0.15, 0.2) is 18.3 Å². The molecular weight excluding hydrogens is 224 g/mol. The van der Waals surface area contributed by atoms with Crippen LogP contribution >= 0.6 is 0 Å². The molecule has 0 unspecified atom stereocenters. The molecule has 0 spiro atoms. The Labute approximate surface area is 108 Å². The van der Waals surface area contributed by atoms with E-state index >= 15 is 0 Å². The third kappa shape index (κ3) is 2.36. The van der Waals surface area contributed by atoms with Crippen molar-refractivity contribution in [3.8, 4) is 5.75 Å². The van der Waals surface area contributed by atoms with Gasteiger partial charge in [0.1, 0.15) is 5.75 Å². The first-order chi connectivity index (χ1) is 8.50. The number of H-pyrrole nitrogens is 1. The fourth-order valence-corrected chi connectivity index (χ4v) is 2.19. The summed E-state index contributed by atoms with van der Waals surface area (Å²) in [6.45, 7) is 7.44. The highest BCUT2D eigenvalue weighted by molar-refractivity contribution is 5.91. The normalized spacial score (nSPS) is 11.9. The number of aromatic hydroxyl groups is 1. The van der Waals surface area contributed by atoms with Gasteiger partial charge in [0.2, 0.25) is 0 Å². The van der Waals surface area contributed by atoms with Gasteiger partial charge in [-0.1, -0.05) is 6.07 Å². The molecule has 1 aromatic heterocycles. The molecule has 18 heavy (non-hydrogen) atoms. The first-order valence-electron chi connectivity index (χ1n) is 6.49. The standard InChI is InChI=1S/C15H22N2O/c1-10(2)17(4)8-7-12-9-16-15-11(3)5-6-13(18)14(12)15/h5-6,9-10,16,18H,7-8H2,1-4H3. The minimum absolute atomic E-state index is 0.374. The summed E-state index contributed by atoms with van der Waals surface area (Å²) < 4.78 is 0. The average Bonchev–Trinajstić information content (AvgIpc) is 2.76. The van der Waals surface area contributed by atoms with Gasteiger partial charge in [-0.3, -0.25) is 0 Å². The number of fused-ring (bicyclic) bond motifs is 1. The Morgan fingerprint density at radius 2 is 2.06 bits per heavy atom. The lowest BCUT2D eigenvalue weighted by Gasteiger charge is -2.20. The number of aromatic amines is 1. The van der Waals surface area contributed by atoms with E-state index in [1.165, 1.54) is 11.1 Å². The van der Waals surface area contributed by atoms with Gasteiger partial charge in [-0.25, -0.2) is 0 Å². The Hall–Kier alpha value is -1.48. The van der Waals surface area contributed by atoms with E-state index in [0.29, 0.717) is 11.8 Å². The SMILES string of the molecule is Cc1ccc(O)c2c(CCN(C)C(C)C)c[nH]c12. The first kappa shape index (κ1) is 13.0. The largest absolute Gasteiger partial charge is 0.507 e. The van der Waals surface area contributed by atoms with E-state index in [2.05, 4.69) is 37.7 Å². The predicted molar refractivity (Wildman–Crippen MR) is 76.2 cm³/mol. The monoisotopic (exact) mass is 246 g/mol. The number of rotatable bonds is 4. The second-order valence-electron chi connectivity index (χ2n) is 5.29. The van der Waals surface area contributed by atoms with Gasteiger partial charge in [-0.15, -0.1) is 0 Å². The molecule has 3 heteroatoms. The molecule has 0 fully saturated rings. The maximum absolute atomic E-state index is 10.0. The van der Waals surface area contributed by atoms with E-state index in [1.807, 2.05) is 12.3 Å². The van der Waals surface area contributed by atoms with Gasteiger partial charge in [0.25, 0.3) is 0 Å². The van der Waals surface area contributed by atoms with Gasteiger partial charge in [0.15, 0.2) is 0 Å². The molecule has 0 saturated heterocycles. The number of hydrogen-bond donors (Lipinski definition) is 2. The van der Waals surface area contributed by atoms with Crippen molar-refractivity contribution in [2.75, 3.05) is 13.6 Å². The minimum Gasteiger partial charge on any atom is -0.507 e. The zero-order valence-corrected chi connectivity index (χ0v) is 11.6. The highest BCUT2D eigenvalue weighted by Crippen LogP contribution is 2.30. The number of likely N-dealkylation sites (N-methyl/N-ethyl adjacent to an activating group) is 1. The van der Waals surface area contributed by atoms with Crippen molar-refractivity contribution >= 4 is 10.9 Å². The zero-order chi connectivity index (χ0) is 13.3. The zero-order valence-electron chi connectivity index (χ0n) is 11.6. The van der Waals surface area contributed by atoms with Crippen molar-refractivity contribution < 1.29 is 5.11 Å². The number of benzene rings is 1. The van der Waals surface area contributed by atoms with Crippen molar-refractivity contribution in [3.05, 3.63) is 29.5 Å². The van der Waals surface area contributed by atoms with Gasteiger partial charge in [0.05, 0.1) is 5.52 Å². The summed E-state index contributed by atoms with van der Waals surface area (Å²) in [6, 6.07) is 4.27. The predicted octanol–water partition coefficient (Wildman–Crippen LogP) is 3.06. The Morgan fingerprint density at radius 3 is 2.72 bits per heavy atom. The van der Waals surface area contributed by atoms with E-state index in [0.717, 1.165) is 23.9 Å². The molecule has 2 rings (SSSR count). The molecule has 0 aliphatic heterocycles. The third-order valence-electron chi connectivity index (χ3n) is 3.72. The molecule has 98 valence electrons. The lowest BCUT2D eigenvalue weighted by Crippen LogP contribution is -2.28. The van der Waals surface area contributed by atoms with Crippen molar-refractivity contribution in [2.45, 2.75) is 33.2 Å². The van der Waals surface area contributed by atoms with Crippen molar-refractivity contribution in [3.63, 3.8) is 0 Å². The van der Waals surface area contributed by atoms with Gasteiger partial charge in [-0.05, 0) is 51.4 Å². The number of nitrogens with one attached hydrogen (secondary N) is 1. The van der Waals surface area contributed by atoms with Crippen LogP contribution in [0.25, 0.3) is 10.9 Å². The topological polar surface area (TPSA) is 39.3 Å². The van der Waals surface area contributed by atoms with Crippen LogP contribution < -0.4 is 0 Å². The first-order valence-corrected chi connectivity index (χ1v) is 6.49. The number of aryl methyl sites for hydroxylation is 1. The van der Waals surface area contributed by atoms with E-state index in [1.54, 1.807) is 6.07 Å². The number of phenolic OH excluding ortho intramolecular Hbond substituents is 1. The summed E-state index contributed by atoms with van der Waals surface area (Å²) in [7, 11) is 2.13. The molecule has 2 N–H and O–H groups in total. The number of aromatic nitrogens is 1. The van der Waals surface area contributed by atoms with Gasteiger partial charge in [0, 0.05) is 24.2 Å². The van der Waals surface area contributed by atoms with E-state index < -0.39 is 0 Å². The Bertz CT molecular complexity index is 543. The second kappa shape index (κ2) is 5.02. The fourth-order valence-electron chi connectivity index (χ4n) is 2.19. The Kier molecular flexibility index (Phi) is 3.62. The number of phenols is 1. The van der Waals surface area contributed by atoms with Crippen LogP contribution in [0.5, 0.6) is 5.75 Å². The summed E-state index contributed by atoms with van der Waals surface area (Å²) in [6.07, 6.45) is 2.97. The molecule has 1 aromatic carbocycles. The van der Waals surface area contributed by atoms with E-state index in [4.69, 9.17) is 0 Å². The number of nitrogens with zero attached hydrogens (tertiary/aromatic N) is 1. The molecular formula is C15H22N2O. The Balaban J connectivity index is 2.27. The van der Waals surface area contributed by atoms with Crippen LogP contribution in [0.4, 0.5) is 0 Å². The molecule has 0 amide bonds. The summed E-state index contributed by atoms with van der Waals surface area (Å²) in [5, 5.41) is 11.0. The quantitative estimate of drug-likeness (QED) is 0.870. The highest BCUT2D eigenvalue weighted by atomic mass is 16.3. The van der Waals surface area contributed by atoms with Crippen LogP contribution in [0, 0.1) is 6.92 Å². The summed E-state index contributed by atoms with van der Waals surface area (Å²) in [5.74, 6) is 0.374. The lowest BCUT2D eigenvalue weighted by molar-refractivity contribution is 0.278. The van der Waals surface area contributed by atoms with Gasteiger partial charge in [-0.2, -0.15) is 0 Å². The van der Waals surface area contributed by atoms with E-state index in [-0.39, 0.29) is 0 Å². The Morgan fingerprint density at radius 1 is 1.33 bits per heavy atom. The van der Waals surface area contributed by atoms with Crippen LogP contribution in [0.3, 0.4) is 0 Å². The van der Waals surface area contributed by atoms with Crippen LogP contribution in [-0.2, 0) is 6.42 Å². The minimum atomic E-state index is 0.374. The number of hydrogen-bond acceptors (Lipinski definition) is 2. The van der Waals surface area contributed by atoms with Crippen LogP contribution in [-0.4, -0.2) is 34.6 Å². The molecule has 0 aliphatic carbocycles. The lowest BCUT2D eigenvalue weighted by atomic mass is 10.1. The average molecular weight is 246 g/mol. The molecule has 0 atom stereocenters. The highest BCUT2D eigenvalue weighted by Gasteiger charge is 2.11. The van der Waals surface area contributed by atoms with Crippen LogP contribution in [0.2, 0.25) is 0 Å². The molecule has 2 aromatic rings. The smallest absolute Gasteiger partial charge is 0.125 e. The second-order valence-corrected chi connectivity index (χ2v) is 5.29. The van der Waals surface area contributed by atoms with Crippen LogP contribution in [0.1, 0.15) is 25.0 Å². The molecule has 0 bridgehead atoms. The summed E-state index contributed by atoms with van der Waals surface area (Å²) in [4.78, 5) is 5.58. The maximum atomic E-state index is 10.0. The molecule has 0 radical (unpaired) electrons. The third-order valence-corrected chi connectivity index (χ3v) is 3.72. The van der Waals surface area contributed by atoms with Crippen molar-refractivity contribution in [2.24, 2.45) is 0 Å². The maximum Gasteiger partial charge on any atom is 0.125 e. The fraction of sp³-hybridized carbons (Fsp3) is 0.467. The summed E-state index contributed by atoms with van der Waals surface area (Å²) >= 11 is 0. The summed E-state index contributed by atoms with van der Waals surface area (Å²) in [5.41, 5.74) is 3.42. The van der Waals surface area contributed by atoms with Crippen molar-refractivity contribution in [1.82, 2.24) is 9.88 Å².